The molecule has 1 rings (SSSR count). The Morgan fingerprint density at radius 3 is 2.47 bits per heavy atom. The van der Waals surface area contributed by atoms with Crippen molar-refractivity contribution in [1.82, 2.24) is 0 Å². The van der Waals surface area contributed by atoms with Gasteiger partial charge in [-0.1, -0.05) is 18.2 Å². The molecule has 0 spiro atoms. The molecule has 0 fully saturated rings. The highest BCUT2D eigenvalue weighted by Crippen LogP contribution is 2.27. The van der Waals surface area contributed by atoms with E-state index in [4.69, 9.17) is 11.6 Å². The number of para-hydroxylation sites is 1. The molecular weight excluding hydrogens is 227 g/mol. The monoisotopic (exact) mass is 237 g/mol. The van der Waals surface area contributed by atoms with Crippen molar-refractivity contribution >= 4 is 17.3 Å². The van der Waals surface area contributed by atoms with Crippen molar-refractivity contribution in [3.05, 3.63) is 29.8 Å². The molecular formula is C10H11ClF3N. The molecule has 0 heterocycles. The second-order valence-electron chi connectivity index (χ2n) is 3.17. The summed E-state index contributed by atoms with van der Waals surface area (Å²) in [5, 5.41) is 2.01. The summed E-state index contributed by atoms with van der Waals surface area (Å²) in [7, 11) is 0. The van der Waals surface area contributed by atoms with Crippen molar-refractivity contribution in [3.63, 3.8) is 0 Å². The summed E-state index contributed by atoms with van der Waals surface area (Å²) in [6.07, 6.45) is -4.22. The van der Waals surface area contributed by atoms with Gasteiger partial charge >= 0.3 is 6.18 Å². The number of halogens is 4. The maximum Gasteiger partial charge on any atom is 0.405 e. The minimum absolute atomic E-state index is 0.318. The summed E-state index contributed by atoms with van der Waals surface area (Å²) in [6, 6.07) is 6.70. The van der Waals surface area contributed by atoms with Crippen LogP contribution >= 0.6 is 11.6 Å². The van der Waals surface area contributed by atoms with Crippen molar-refractivity contribution in [3.8, 4) is 0 Å². The fraction of sp³-hybridized carbons (Fsp3) is 0.400. The van der Waals surface area contributed by atoms with Crippen LogP contribution in [-0.2, 0) is 0 Å². The van der Waals surface area contributed by atoms with Gasteiger partial charge in [-0.15, -0.1) is 11.6 Å². The summed E-state index contributed by atoms with van der Waals surface area (Å²) in [6.45, 7) is 0.670. The standard InChI is InChI=1S/C10H11ClF3N/c1-7(11)8-4-2-3-5-9(8)15-6-10(12,13)14/h2-5,7,15H,6H2,1H3. The zero-order chi connectivity index (χ0) is 11.5. The Bertz CT molecular complexity index is 323. The third kappa shape index (κ3) is 4.00. The fourth-order valence-electron chi connectivity index (χ4n) is 1.20. The zero-order valence-electron chi connectivity index (χ0n) is 8.11. The molecule has 1 nitrogen and oxygen atoms in total. The first-order valence-corrected chi connectivity index (χ1v) is 4.87. The molecule has 0 bridgehead atoms. The third-order valence-corrected chi connectivity index (χ3v) is 2.10. The van der Waals surface area contributed by atoms with E-state index < -0.39 is 12.7 Å². The van der Waals surface area contributed by atoms with Gasteiger partial charge in [0.05, 0.1) is 5.38 Å². The molecule has 84 valence electrons. The van der Waals surface area contributed by atoms with Gasteiger partial charge in [-0.25, -0.2) is 0 Å². The quantitative estimate of drug-likeness (QED) is 0.785. The maximum absolute atomic E-state index is 12.0. The van der Waals surface area contributed by atoms with Gasteiger partial charge in [-0.2, -0.15) is 13.2 Å². The lowest BCUT2D eigenvalue weighted by molar-refractivity contribution is -0.115. The number of nitrogens with one attached hydrogen (secondary N) is 1. The highest BCUT2D eigenvalue weighted by atomic mass is 35.5. The van der Waals surface area contributed by atoms with Crippen molar-refractivity contribution in [2.24, 2.45) is 0 Å². The SMILES string of the molecule is CC(Cl)c1ccccc1NCC(F)(F)F. The van der Waals surface area contributed by atoms with E-state index in [1.807, 2.05) is 0 Å². The first kappa shape index (κ1) is 12.2. The number of hydrogen-bond acceptors (Lipinski definition) is 1. The molecule has 0 amide bonds. The second-order valence-corrected chi connectivity index (χ2v) is 3.83. The lowest BCUT2D eigenvalue weighted by Gasteiger charge is -2.14. The van der Waals surface area contributed by atoms with E-state index in [1.54, 1.807) is 31.2 Å². The van der Waals surface area contributed by atoms with Crippen LogP contribution in [0.5, 0.6) is 0 Å². The lowest BCUT2D eigenvalue weighted by Crippen LogP contribution is -2.21. The molecule has 0 radical (unpaired) electrons. The Labute approximate surface area is 91.2 Å². The minimum Gasteiger partial charge on any atom is -0.376 e. The Kier molecular flexibility index (Phi) is 3.85. The van der Waals surface area contributed by atoms with E-state index in [0.29, 0.717) is 11.3 Å². The van der Waals surface area contributed by atoms with Gasteiger partial charge < -0.3 is 5.32 Å². The molecule has 0 saturated heterocycles. The van der Waals surface area contributed by atoms with Crippen molar-refractivity contribution in [2.45, 2.75) is 18.5 Å². The molecule has 0 aliphatic rings. The van der Waals surface area contributed by atoms with Gasteiger partial charge in [0.25, 0.3) is 0 Å². The van der Waals surface area contributed by atoms with Crippen LogP contribution in [0, 0.1) is 0 Å². The predicted molar refractivity (Wildman–Crippen MR) is 55.3 cm³/mol. The molecule has 1 atom stereocenters. The van der Waals surface area contributed by atoms with Crippen molar-refractivity contribution in [1.29, 1.82) is 0 Å². The average molecular weight is 238 g/mol. The van der Waals surface area contributed by atoms with Crippen LogP contribution in [0.25, 0.3) is 0 Å². The largest absolute Gasteiger partial charge is 0.405 e. The van der Waals surface area contributed by atoms with Crippen LogP contribution < -0.4 is 5.32 Å². The Hall–Kier alpha value is -0.900. The second kappa shape index (κ2) is 4.75. The van der Waals surface area contributed by atoms with E-state index in [9.17, 15) is 13.2 Å². The molecule has 0 aliphatic carbocycles. The predicted octanol–water partition coefficient (Wildman–Crippen LogP) is 3.96. The first-order valence-electron chi connectivity index (χ1n) is 4.44. The minimum atomic E-state index is -4.22. The van der Waals surface area contributed by atoms with Crippen LogP contribution in [0.15, 0.2) is 24.3 Å². The normalized spacial score (nSPS) is 13.7. The molecule has 1 aromatic rings. The van der Waals surface area contributed by atoms with Crippen molar-refractivity contribution in [2.75, 3.05) is 11.9 Å². The van der Waals surface area contributed by atoms with Crippen LogP contribution in [-0.4, -0.2) is 12.7 Å². The van der Waals surface area contributed by atoms with Crippen LogP contribution in [0.3, 0.4) is 0 Å². The average Bonchev–Trinajstić information content (AvgIpc) is 2.14. The highest BCUT2D eigenvalue weighted by molar-refractivity contribution is 6.21. The Balaban J connectivity index is 2.76. The summed E-state index contributed by atoms with van der Waals surface area (Å²) in [4.78, 5) is 0. The van der Waals surface area contributed by atoms with Crippen LogP contribution in [0.2, 0.25) is 0 Å². The molecule has 0 saturated carbocycles. The first-order chi connectivity index (χ1) is 6.90. The van der Waals surface area contributed by atoms with E-state index in [1.165, 1.54) is 0 Å². The van der Waals surface area contributed by atoms with Gasteiger partial charge in [-0.05, 0) is 18.6 Å². The number of alkyl halides is 4. The maximum atomic E-state index is 12.0. The van der Waals surface area contributed by atoms with Gasteiger partial charge in [0.2, 0.25) is 0 Å². The molecule has 1 N–H and O–H groups in total. The van der Waals surface area contributed by atoms with Gasteiger partial charge in [0, 0.05) is 5.69 Å². The summed E-state index contributed by atoms with van der Waals surface area (Å²) in [5.41, 5.74) is 1.10. The molecule has 0 aliphatic heterocycles. The molecule has 1 aromatic carbocycles. The summed E-state index contributed by atoms with van der Waals surface area (Å²) < 4.78 is 35.9. The van der Waals surface area contributed by atoms with E-state index in [-0.39, 0.29) is 5.38 Å². The number of anilines is 1. The number of hydrogen-bond donors (Lipinski definition) is 1. The molecule has 0 aromatic heterocycles. The van der Waals surface area contributed by atoms with Crippen LogP contribution in [0.1, 0.15) is 17.9 Å². The van der Waals surface area contributed by atoms with Gasteiger partial charge in [0.1, 0.15) is 6.54 Å². The Morgan fingerprint density at radius 2 is 1.93 bits per heavy atom. The summed E-state index contributed by atoms with van der Waals surface area (Å²) >= 11 is 5.84. The van der Waals surface area contributed by atoms with E-state index >= 15 is 0 Å². The topological polar surface area (TPSA) is 12.0 Å². The zero-order valence-corrected chi connectivity index (χ0v) is 8.86. The van der Waals surface area contributed by atoms with Crippen LogP contribution in [0.4, 0.5) is 18.9 Å². The lowest BCUT2D eigenvalue weighted by atomic mass is 10.1. The highest BCUT2D eigenvalue weighted by Gasteiger charge is 2.27. The van der Waals surface area contributed by atoms with Crippen molar-refractivity contribution < 1.29 is 13.2 Å². The fourth-order valence-corrected chi connectivity index (χ4v) is 1.39. The van der Waals surface area contributed by atoms with E-state index in [0.717, 1.165) is 0 Å². The smallest absolute Gasteiger partial charge is 0.376 e. The number of benzene rings is 1. The third-order valence-electron chi connectivity index (χ3n) is 1.87. The number of rotatable bonds is 3. The molecule has 1 unspecified atom stereocenters. The molecule has 15 heavy (non-hydrogen) atoms. The molecule has 5 heteroatoms. The van der Waals surface area contributed by atoms with E-state index in [2.05, 4.69) is 5.32 Å². The Morgan fingerprint density at radius 1 is 1.33 bits per heavy atom. The summed E-state index contributed by atoms with van der Waals surface area (Å²) in [5.74, 6) is 0. The van der Waals surface area contributed by atoms with Gasteiger partial charge in [-0.3, -0.25) is 0 Å². The van der Waals surface area contributed by atoms with Gasteiger partial charge in [0.15, 0.2) is 0 Å².